The minimum absolute atomic E-state index is 0.0860. The Balaban J connectivity index is 1.55. The van der Waals surface area contributed by atoms with Gasteiger partial charge < -0.3 is 19.6 Å². The first-order valence-corrected chi connectivity index (χ1v) is 7.65. The maximum Gasteiger partial charge on any atom is 0.335 e. The maximum absolute atomic E-state index is 13.3. The molecule has 1 aromatic rings. The summed E-state index contributed by atoms with van der Waals surface area (Å²) in [7, 11) is 1.26. The molecule has 25 heavy (non-hydrogen) atoms. The Labute approximate surface area is 141 Å². The normalized spacial score (nSPS) is 25.2. The molecule has 9 heteroatoms. The predicted octanol–water partition coefficient (Wildman–Crippen LogP) is 0.905. The molecule has 1 amide bonds. The summed E-state index contributed by atoms with van der Waals surface area (Å²) in [5.41, 5.74) is 0.511. The first-order chi connectivity index (χ1) is 12.0. The molecule has 3 unspecified atom stereocenters. The van der Waals surface area contributed by atoms with Crippen LogP contribution in [0.25, 0.3) is 0 Å². The Kier molecular flexibility index (Phi) is 4.93. The van der Waals surface area contributed by atoms with Crippen LogP contribution >= 0.6 is 0 Å². The maximum atomic E-state index is 13.3. The predicted molar refractivity (Wildman–Crippen MR) is 80.7 cm³/mol. The highest BCUT2D eigenvalue weighted by atomic mass is 19.1. The second kappa shape index (κ2) is 7.14. The first-order valence-electron chi connectivity index (χ1n) is 7.65. The Morgan fingerprint density at radius 1 is 1.24 bits per heavy atom. The fourth-order valence-corrected chi connectivity index (χ4v) is 2.73. The zero-order valence-electron chi connectivity index (χ0n) is 13.3. The topological polar surface area (TPSA) is 86.2 Å². The van der Waals surface area contributed by atoms with Gasteiger partial charge in [-0.2, -0.15) is 0 Å². The molecule has 3 rings (SSSR count). The van der Waals surface area contributed by atoms with Crippen LogP contribution in [0.3, 0.4) is 0 Å². The number of methoxy groups -OCH3 is 1. The van der Waals surface area contributed by atoms with Crippen LogP contribution in [0.5, 0.6) is 0 Å². The minimum atomic E-state index is -0.904. The number of hydrogen-bond acceptors (Lipinski definition) is 6. The molecule has 2 aliphatic heterocycles. The third-order valence-corrected chi connectivity index (χ3v) is 3.96. The van der Waals surface area contributed by atoms with E-state index in [1.54, 1.807) is 0 Å². The summed E-state index contributed by atoms with van der Waals surface area (Å²) in [4.78, 5) is 28.7. The minimum Gasteiger partial charge on any atom is -0.467 e. The van der Waals surface area contributed by atoms with E-state index in [9.17, 15) is 18.4 Å². The van der Waals surface area contributed by atoms with Crippen molar-refractivity contribution in [2.24, 2.45) is 5.16 Å². The zero-order valence-corrected chi connectivity index (χ0v) is 13.3. The van der Waals surface area contributed by atoms with E-state index in [0.29, 0.717) is 6.42 Å². The molecular weight excluding hydrogens is 338 g/mol. The van der Waals surface area contributed by atoms with Crippen molar-refractivity contribution in [3.63, 3.8) is 0 Å². The summed E-state index contributed by atoms with van der Waals surface area (Å²) in [5.74, 6) is -2.40. The van der Waals surface area contributed by atoms with Crippen LogP contribution in [0.15, 0.2) is 23.4 Å². The Morgan fingerprint density at radius 3 is 2.64 bits per heavy atom. The Hall–Kier alpha value is -2.55. The molecule has 1 aromatic carbocycles. The highest BCUT2D eigenvalue weighted by molar-refractivity contribution is 6.04. The number of halogens is 2. The van der Waals surface area contributed by atoms with Crippen molar-refractivity contribution >= 4 is 17.6 Å². The molecule has 1 saturated heterocycles. The van der Waals surface area contributed by atoms with Gasteiger partial charge in [0.05, 0.1) is 25.5 Å². The van der Waals surface area contributed by atoms with E-state index in [-0.39, 0.29) is 30.3 Å². The van der Waals surface area contributed by atoms with Crippen molar-refractivity contribution < 1.29 is 32.7 Å². The standard InChI is InChI=1S/C16H16F2N2O5/c1-23-16(22)14-5-11(7-24-14)19-15(21)13-6-12(20-25-13)8-2-9(17)4-10(18)3-8/h2-4,11,13-14H,5-7H2,1H3,(H,19,21). The van der Waals surface area contributed by atoms with E-state index in [2.05, 4.69) is 15.2 Å². The van der Waals surface area contributed by atoms with Gasteiger partial charge in [0.25, 0.3) is 5.91 Å². The van der Waals surface area contributed by atoms with E-state index in [1.807, 2.05) is 0 Å². The van der Waals surface area contributed by atoms with Gasteiger partial charge in [0, 0.05) is 24.5 Å². The lowest BCUT2D eigenvalue weighted by Gasteiger charge is -2.13. The quantitative estimate of drug-likeness (QED) is 0.812. The van der Waals surface area contributed by atoms with Gasteiger partial charge in [-0.1, -0.05) is 5.16 Å². The molecule has 0 radical (unpaired) electrons. The summed E-state index contributed by atoms with van der Waals surface area (Å²) in [6.45, 7) is 0.182. The van der Waals surface area contributed by atoms with E-state index < -0.39 is 35.7 Å². The lowest BCUT2D eigenvalue weighted by Crippen LogP contribution is -2.42. The molecule has 0 spiro atoms. The Morgan fingerprint density at radius 2 is 1.96 bits per heavy atom. The number of rotatable bonds is 4. The van der Waals surface area contributed by atoms with Crippen molar-refractivity contribution in [2.75, 3.05) is 13.7 Å². The van der Waals surface area contributed by atoms with Gasteiger partial charge in [-0.25, -0.2) is 13.6 Å². The number of ether oxygens (including phenoxy) is 2. The summed E-state index contributed by atoms with van der Waals surface area (Å²) < 4.78 is 36.4. The average Bonchev–Trinajstić information content (AvgIpc) is 3.22. The molecule has 7 nitrogen and oxygen atoms in total. The fraction of sp³-hybridized carbons (Fsp3) is 0.438. The largest absolute Gasteiger partial charge is 0.467 e. The number of oxime groups is 1. The number of benzene rings is 1. The molecule has 1 N–H and O–H groups in total. The lowest BCUT2D eigenvalue weighted by atomic mass is 10.0. The first kappa shape index (κ1) is 17.3. The fourth-order valence-electron chi connectivity index (χ4n) is 2.73. The molecular formula is C16H16F2N2O5. The number of esters is 1. The van der Waals surface area contributed by atoms with Crippen molar-refractivity contribution in [1.29, 1.82) is 0 Å². The number of hydrogen-bond donors (Lipinski definition) is 1. The SMILES string of the molecule is COC(=O)C1CC(NC(=O)C2CC(c3cc(F)cc(F)c3)=NO2)CO1. The van der Waals surface area contributed by atoms with Crippen molar-refractivity contribution in [2.45, 2.75) is 31.1 Å². The third-order valence-electron chi connectivity index (χ3n) is 3.96. The van der Waals surface area contributed by atoms with Crippen molar-refractivity contribution in [1.82, 2.24) is 5.32 Å². The number of carbonyl (C=O) groups excluding carboxylic acids is 2. The lowest BCUT2D eigenvalue weighted by molar-refractivity contribution is -0.151. The molecule has 2 heterocycles. The Bertz CT molecular complexity index is 704. The second-order valence-electron chi connectivity index (χ2n) is 5.78. The third kappa shape index (κ3) is 3.93. The van der Waals surface area contributed by atoms with Gasteiger partial charge in [-0.05, 0) is 12.1 Å². The number of nitrogens with zero attached hydrogens (tertiary/aromatic N) is 1. The van der Waals surface area contributed by atoms with Crippen LogP contribution in [-0.2, 0) is 23.9 Å². The van der Waals surface area contributed by atoms with Crippen LogP contribution in [0.2, 0.25) is 0 Å². The van der Waals surface area contributed by atoms with Crippen LogP contribution < -0.4 is 5.32 Å². The highest BCUT2D eigenvalue weighted by Gasteiger charge is 2.36. The van der Waals surface area contributed by atoms with Crippen molar-refractivity contribution in [3.05, 3.63) is 35.4 Å². The summed E-state index contributed by atoms with van der Waals surface area (Å²) in [5, 5.41) is 6.45. The van der Waals surface area contributed by atoms with Crippen LogP contribution in [0, 0.1) is 11.6 Å². The molecule has 134 valence electrons. The molecule has 1 fully saturated rings. The van der Waals surface area contributed by atoms with Gasteiger partial charge in [-0.15, -0.1) is 0 Å². The molecule has 3 atom stereocenters. The summed E-state index contributed by atoms with van der Waals surface area (Å²) in [6, 6.07) is 2.65. The molecule has 0 bridgehead atoms. The number of amides is 1. The monoisotopic (exact) mass is 354 g/mol. The highest BCUT2D eigenvalue weighted by Crippen LogP contribution is 2.20. The van der Waals surface area contributed by atoms with Crippen LogP contribution in [-0.4, -0.2) is 49.6 Å². The van der Waals surface area contributed by atoms with Crippen LogP contribution in [0.4, 0.5) is 8.78 Å². The van der Waals surface area contributed by atoms with E-state index >= 15 is 0 Å². The molecule has 2 aliphatic rings. The zero-order chi connectivity index (χ0) is 18.0. The van der Waals surface area contributed by atoms with Gasteiger partial charge in [-0.3, -0.25) is 4.79 Å². The van der Waals surface area contributed by atoms with Crippen molar-refractivity contribution in [3.8, 4) is 0 Å². The average molecular weight is 354 g/mol. The smallest absolute Gasteiger partial charge is 0.335 e. The molecule has 0 aliphatic carbocycles. The van der Waals surface area contributed by atoms with Gasteiger partial charge in [0.15, 0.2) is 6.10 Å². The summed E-state index contributed by atoms with van der Waals surface area (Å²) >= 11 is 0. The van der Waals surface area contributed by atoms with Gasteiger partial charge in [0.2, 0.25) is 6.10 Å². The van der Waals surface area contributed by atoms with E-state index in [4.69, 9.17) is 9.57 Å². The number of carbonyl (C=O) groups is 2. The van der Waals surface area contributed by atoms with Crippen LogP contribution in [0.1, 0.15) is 18.4 Å². The van der Waals surface area contributed by atoms with Gasteiger partial charge >= 0.3 is 5.97 Å². The van der Waals surface area contributed by atoms with E-state index in [0.717, 1.165) is 18.2 Å². The van der Waals surface area contributed by atoms with Gasteiger partial charge in [0.1, 0.15) is 11.6 Å². The second-order valence-corrected chi connectivity index (χ2v) is 5.78. The summed E-state index contributed by atoms with van der Waals surface area (Å²) in [6.07, 6.45) is -1.23. The molecule has 0 saturated carbocycles. The molecule has 0 aromatic heterocycles. The van der Waals surface area contributed by atoms with E-state index in [1.165, 1.54) is 7.11 Å². The number of nitrogens with one attached hydrogen (secondary N) is 1.